The van der Waals surface area contributed by atoms with E-state index in [9.17, 15) is 4.79 Å². The van der Waals surface area contributed by atoms with E-state index < -0.39 is 0 Å². The first kappa shape index (κ1) is 13.7. The number of carbonyl (C=O) groups is 1. The minimum Gasteiger partial charge on any atom is -0.394 e. The van der Waals surface area contributed by atoms with Crippen molar-refractivity contribution in [1.29, 1.82) is 0 Å². The molecule has 0 saturated heterocycles. The average molecular weight is 236 g/mol. The maximum absolute atomic E-state index is 12.0. The molecule has 0 heterocycles. The maximum atomic E-state index is 12.0. The van der Waals surface area contributed by atoms with Crippen LogP contribution in [-0.2, 0) is 6.42 Å². The molecule has 0 bridgehead atoms. The molecule has 1 rings (SSSR count). The van der Waals surface area contributed by atoms with Crippen molar-refractivity contribution in [3.8, 4) is 0 Å². The zero-order valence-electron chi connectivity index (χ0n) is 10.1. The average Bonchev–Trinajstić information content (AvgIpc) is 2.36. The number of nitrogens with two attached hydrogens (primary N) is 1. The molecule has 1 aromatic carbocycles. The van der Waals surface area contributed by atoms with Crippen molar-refractivity contribution in [3.05, 3.63) is 35.4 Å². The molecule has 0 unspecified atom stereocenters. The van der Waals surface area contributed by atoms with Crippen molar-refractivity contribution >= 4 is 5.91 Å². The monoisotopic (exact) mass is 236 g/mol. The van der Waals surface area contributed by atoms with E-state index in [0.29, 0.717) is 24.9 Å². The van der Waals surface area contributed by atoms with Crippen molar-refractivity contribution in [2.24, 2.45) is 5.73 Å². The molecule has 0 fully saturated rings. The lowest BCUT2D eigenvalue weighted by molar-refractivity contribution is 0.0914. The number of hydrogen-bond acceptors (Lipinski definition) is 3. The predicted octanol–water partition coefficient (Wildman–Crippen LogP) is 0.689. The van der Waals surface area contributed by atoms with E-state index in [-0.39, 0.29) is 18.6 Å². The SMILES string of the molecule is CC[C@H](CO)NC(=O)c1ccccc1CCN. The summed E-state index contributed by atoms with van der Waals surface area (Å²) in [6.07, 6.45) is 1.39. The summed E-state index contributed by atoms with van der Waals surface area (Å²) in [6.45, 7) is 2.40. The highest BCUT2D eigenvalue weighted by Crippen LogP contribution is 2.09. The summed E-state index contributed by atoms with van der Waals surface area (Å²) in [6, 6.07) is 7.22. The number of aliphatic hydroxyl groups excluding tert-OH is 1. The first-order chi connectivity index (χ1) is 8.22. The smallest absolute Gasteiger partial charge is 0.251 e. The minimum absolute atomic E-state index is 0.0404. The zero-order chi connectivity index (χ0) is 12.7. The van der Waals surface area contributed by atoms with Crippen molar-refractivity contribution < 1.29 is 9.90 Å². The van der Waals surface area contributed by atoms with Crippen molar-refractivity contribution in [1.82, 2.24) is 5.32 Å². The third kappa shape index (κ3) is 3.84. The van der Waals surface area contributed by atoms with Crippen LogP contribution in [0.2, 0.25) is 0 Å². The number of amides is 1. The minimum atomic E-state index is -0.187. The van der Waals surface area contributed by atoms with Crippen LogP contribution in [0.5, 0.6) is 0 Å². The Bertz CT molecular complexity index is 362. The maximum Gasteiger partial charge on any atom is 0.251 e. The van der Waals surface area contributed by atoms with E-state index in [1.165, 1.54) is 0 Å². The highest BCUT2D eigenvalue weighted by atomic mass is 16.3. The lowest BCUT2D eigenvalue weighted by atomic mass is 10.0. The first-order valence-electron chi connectivity index (χ1n) is 5.92. The molecule has 94 valence electrons. The Kier molecular flexibility index (Phi) is 5.66. The summed E-state index contributed by atoms with van der Waals surface area (Å²) in [7, 11) is 0. The summed E-state index contributed by atoms with van der Waals surface area (Å²) in [5, 5.41) is 11.9. The van der Waals surface area contributed by atoms with Gasteiger partial charge in [-0.1, -0.05) is 25.1 Å². The topological polar surface area (TPSA) is 75.3 Å². The number of hydrogen-bond donors (Lipinski definition) is 3. The molecule has 4 N–H and O–H groups in total. The Morgan fingerprint density at radius 1 is 1.47 bits per heavy atom. The van der Waals surface area contributed by atoms with Crippen LogP contribution in [0.1, 0.15) is 29.3 Å². The molecule has 0 aromatic heterocycles. The van der Waals surface area contributed by atoms with E-state index in [1.807, 2.05) is 25.1 Å². The number of rotatable bonds is 6. The van der Waals surface area contributed by atoms with Gasteiger partial charge in [0.15, 0.2) is 0 Å². The molecular formula is C13H20N2O2. The van der Waals surface area contributed by atoms with Crippen molar-refractivity contribution in [2.75, 3.05) is 13.2 Å². The van der Waals surface area contributed by atoms with E-state index in [4.69, 9.17) is 10.8 Å². The fourth-order valence-corrected chi connectivity index (χ4v) is 1.66. The predicted molar refractivity (Wildman–Crippen MR) is 67.8 cm³/mol. The fourth-order valence-electron chi connectivity index (χ4n) is 1.66. The Balaban J connectivity index is 2.80. The van der Waals surface area contributed by atoms with Crippen molar-refractivity contribution in [2.45, 2.75) is 25.8 Å². The van der Waals surface area contributed by atoms with Gasteiger partial charge in [-0.05, 0) is 31.0 Å². The first-order valence-corrected chi connectivity index (χ1v) is 5.92. The molecule has 0 radical (unpaired) electrons. The molecule has 0 aliphatic heterocycles. The second-order valence-electron chi connectivity index (χ2n) is 3.96. The third-order valence-corrected chi connectivity index (χ3v) is 2.72. The quantitative estimate of drug-likeness (QED) is 0.680. The van der Waals surface area contributed by atoms with Crippen LogP contribution in [0.15, 0.2) is 24.3 Å². The lowest BCUT2D eigenvalue weighted by Crippen LogP contribution is -2.37. The van der Waals surface area contributed by atoms with Gasteiger partial charge in [-0.2, -0.15) is 0 Å². The van der Waals surface area contributed by atoms with Gasteiger partial charge in [0, 0.05) is 5.56 Å². The zero-order valence-corrected chi connectivity index (χ0v) is 10.1. The summed E-state index contributed by atoms with van der Waals surface area (Å²) >= 11 is 0. The number of carbonyl (C=O) groups excluding carboxylic acids is 1. The summed E-state index contributed by atoms with van der Waals surface area (Å²) in [5.74, 6) is -0.144. The van der Waals surface area contributed by atoms with Crippen LogP contribution in [0.3, 0.4) is 0 Å². The van der Waals surface area contributed by atoms with Crippen LogP contribution < -0.4 is 11.1 Å². The van der Waals surface area contributed by atoms with Gasteiger partial charge >= 0.3 is 0 Å². The number of aliphatic hydroxyl groups is 1. The molecule has 1 aromatic rings. The highest BCUT2D eigenvalue weighted by Gasteiger charge is 2.13. The molecule has 1 atom stereocenters. The lowest BCUT2D eigenvalue weighted by Gasteiger charge is -2.15. The summed E-state index contributed by atoms with van der Waals surface area (Å²) in [4.78, 5) is 12.0. The van der Waals surface area contributed by atoms with Gasteiger partial charge in [-0.25, -0.2) is 0 Å². The van der Waals surface area contributed by atoms with E-state index in [2.05, 4.69) is 5.32 Å². The molecule has 0 saturated carbocycles. The van der Waals surface area contributed by atoms with Gasteiger partial charge in [0.25, 0.3) is 5.91 Å². The standard InChI is InChI=1S/C13H20N2O2/c1-2-11(9-16)15-13(17)12-6-4-3-5-10(12)7-8-14/h3-6,11,16H,2,7-9,14H2,1H3,(H,15,17)/t11-/m1/s1. The van der Waals surface area contributed by atoms with Gasteiger partial charge in [0.1, 0.15) is 0 Å². The highest BCUT2D eigenvalue weighted by molar-refractivity contribution is 5.95. The Labute approximate surface area is 102 Å². The molecule has 17 heavy (non-hydrogen) atoms. The summed E-state index contributed by atoms with van der Waals surface area (Å²) < 4.78 is 0. The van der Waals surface area contributed by atoms with E-state index in [0.717, 1.165) is 5.56 Å². The summed E-state index contributed by atoms with van der Waals surface area (Å²) in [5.41, 5.74) is 7.10. The molecule has 4 heteroatoms. The molecule has 0 aliphatic carbocycles. The van der Waals surface area contributed by atoms with Crippen molar-refractivity contribution in [3.63, 3.8) is 0 Å². The fraction of sp³-hybridized carbons (Fsp3) is 0.462. The number of nitrogens with one attached hydrogen (secondary N) is 1. The molecule has 0 aliphatic rings. The Morgan fingerprint density at radius 3 is 2.76 bits per heavy atom. The Hall–Kier alpha value is -1.39. The van der Waals surface area contributed by atoms with Gasteiger partial charge in [0.2, 0.25) is 0 Å². The van der Waals surface area contributed by atoms with Gasteiger partial charge in [-0.3, -0.25) is 4.79 Å². The van der Waals surface area contributed by atoms with Gasteiger partial charge < -0.3 is 16.2 Å². The second kappa shape index (κ2) is 7.04. The normalized spacial score (nSPS) is 12.2. The van der Waals surface area contributed by atoms with Crippen LogP contribution in [0.4, 0.5) is 0 Å². The van der Waals surface area contributed by atoms with Crippen LogP contribution in [0.25, 0.3) is 0 Å². The molecule has 1 amide bonds. The molecular weight excluding hydrogens is 216 g/mol. The van der Waals surface area contributed by atoms with E-state index in [1.54, 1.807) is 6.07 Å². The van der Waals surface area contributed by atoms with Gasteiger partial charge in [0.05, 0.1) is 12.6 Å². The van der Waals surface area contributed by atoms with Crippen LogP contribution in [0, 0.1) is 0 Å². The second-order valence-corrected chi connectivity index (χ2v) is 3.96. The largest absolute Gasteiger partial charge is 0.394 e. The Morgan fingerprint density at radius 2 is 2.18 bits per heavy atom. The van der Waals surface area contributed by atoms with Crippen LogP contribution >= 0.6 is 0 Å². The van der Waals surface area contributed by atoms with Crippen LogP contribution in [-0.4, -0.2) is 30.2 Å². The third-order valence-electron chi connectivity index (χ3n) is 2.72. The molecule has 4 nitrogen and oxygen atoms in total. The number of benzene rings is 1. The molecule has 0 spiro atoms. The van der Waals surface area contributed by atoms with E-state index >= 15 is 0 Å². The van der Waals surface area contributed by atoms with Gasteiger partial charge in [-0.15, -0.1) is 0 Å².